The van der Waals surface area contributed by atoms with Crippen molar-refractivity contribution in [3.05, 3.63) is 95.9 Å². The first-order valence-corrected chi connectivity index (χ1v) is 9.55. The molecule has 30 heavy (non-hydrogen) atoms. The molecule has 0 atom stereocenters. The summed E-state index contributed by atoms with van der Waals surface area (Å²) in [6.45, 7) is 2.35. The summed E-state index contributed by atoms with van der Waals surface area (Å²) in [5.41, 5.74) is 3.02. The zero-order valence-electron chi connectivity index (χ0n) is 16.4. The van der Waals surface area contributed by atoms with Gasteiger partial charge in [0.25, 0.3) is 0 Å². The summed E-state index contributed by atoms with van der Waals surface area (Å²) in [6.07, 6.45) is 0.622. The number of aromatic nitrogens is 1. The van der Waals surface area contributed by atoms with E-state index >= 15 is 0 Å². The van der Waals surface area contributed by atoms with Gasteiger partial charge in [-0.3, -0.25) is 0 Å². The Bertz CT molecular complexity index is 1130. The van der Waals surface area contributed by atoms with Crippen molar-refractivity contribution in [1.29, 1.82) is 0 Å². The summed E-state index contributed by atoms with van der Waals surface area (Å²) in [7, 11) is 0. The lowest BCUT2D eigenvalue weighted by Gasteiger charge is -2.09. The number of oxazole rings is 1. The van der Waals surface area contributed by atoms with Gasteiger partial charge in [-0.2, -0.15) is 0 Å². The fraction of sp³-hybridized carbons (Fsp3) is 0.125. The fourth-order valence-corrected chi connectivity index (χ4v) is 3.00. The molecule has 152 valence electrons. The maximum Gasteiger partial charge on any atom is 0.226 e. The minimum absolute atomic E-state index is 0.456. The zero-order valence-corrected chi connectivity index (χ0v) is 16.4. The number of ether oxygens (including phenoxy) is 1. The highest BCUT2D eigenvalue weighted by molar-refractivity contribution is 5.60. The average molecular weight is 406 g/mol. The lowest BCUT2D eigenvalue weighted by Crippen LogP contribution is -2.03. The summed E-state index contributed by atoms with van der Waals surface area (Å²) in [6, 6.07) is 20.7. The number of hydrogen-bond acceptors (Lipinski definition) is 4. The van der Waals surface area contributed by atoms with Crippen molar-refractivity contribution in [2.75, 3.05) is 11.9 Å². The van der Waals surface area contributed by atoms with Crippen molar-refractivity contribution in [2.24, 2.45) is 0 Å². The molecule has 0 aliphatic carbocycles. The Kier molecular flexibility index (Phi) is 5.75. The molecule has 0 aliphatic rings. The standard InChI is InChI=1S/C24H20F2N2O2/c1-16-23(28-24(30-16)17-5-3-2-4-6-17)13-14-29-20-10-7-18(8-11-20)27-19-9-12-21(25)22(26)15-19/h2-12,15,27H,13-14H2,1H3. The molecule has 0 amide bonds. The first-order valence-electron chi connectivity index (χ1n) is 9.55. The quantitative estimate of drug-likeness (QED) is 0.392. The van der Waals surface area contributed by atoms with Gasteiger partial charge in [0.2, 0.25) is 5.89 Å². The normalized spacial score (nSPS) is 10.8. The van der Waals surface area contributed by atoms with Crippen molar-refractivity contribution in [2.45, 2.75) is 13.3 Å². The third-order valence-electron chi connectivity index (χ3n) is 4.58. The second-order valence-electron chi connectivity index (χ2n) is 6.76. The number of nitrogens with one attached hydrogen (secondary N) is 1. The van der Waals surface area contributed by atoms with E-state index in [1.165, 1.54) is 6.07 Å². The molecule has 0 spiro atoms. The Labute approximate surface area is 173 Å². The van der Waals surface area contributed by atoms with Gasteiger partial charge in [-0.1, -0.05) is 18.2 Å². The van der Waals surface area contributed by atoms with Gasteiger partial charge in [-0.15, -0.1) is 0 Å². The van der Waals surface area contributed by atoms with E-state index in [-0.39, 0.29) is 0 Å². The highest BCUT2D eigenvalue weighted by Crippen LogP contribution is 2.23. The second kappa shape index (κ2) is 8.78. The summed E-state index contributed by atoms with van der Waals surface area (Å²) in [4.78, 5) is 4.57. The molecule has 0 aliphatic heterocycles. The molecule has 1 aromatic heterocycles. The van der Waals surface area contributed by atoms with E-state index in [2.05, 4.69) is 10.3 Å². The molecule has 4 nitrogen and oxygen atoms in total. The van der Waals surface area contributed by atoms with Crippen LogP contribution in [0.1, 0.15) is 11.5 Å². The zero-order chi connectivity index (χ0) is 20.9. The molecule has 0 saturated carbocycles. The first kappa shape index (κ1) is 19.6. The topological polar surface area (TPSA) is 47.3 Å². The van der Waals surface area contributed by atoms with Crippen molar-refractivity contribution in [1.82, 2.24) is 4.98 Å². The van der Waals surface area contributed by atoms with Gasteiger partial charge in [-0.05, 0) is 55.5 Å². The Hall–Kier alpha value is -3.67. The molecule has 1 N–H and O–H groups in total. The smallest absolute Gasteiger partial charge is 0.226 e. The maximum absolute atomic E-state index is 13.3. The van der Waals surface area contributed by atoms with Crippen LogP contribution in [0, 0.1) is 18.6 Å². The third-order valence-corrected chi connectivity index (χ3v) is 4.58. The van der Waals surface area contributed by atoms with Crippen LogP contribution in [0.5, 0.6) is 5.75 Å². The van der Waals surface area contributed by atoms with E-state index in [0.29, 0.717) is 30.4 Å². The highest BCUT2D eigenvalue weighted by Gasteiger charge is 2.11. The Morgan fingerprint density at radius 2 is 1.63 bits per heavy atom. The lowest BCUT2D eigenvalue weighted by molar-refractivity contribution is 0.320. The van der Waals surface area contributed by atoms with Crippen LogP contribution in [0.3, 0.4) is 0 Å². The molecule has 3 aromatic carbocycles. The Balaban J connectivity index is 1.32. The van der Waals surface area contributed by atoms with Crippen LogP contribution in [0.2, 0.25) is 0 Å². The van der Waals surface area contributed by atoms with E-state index in [9.17, 15) is 8.78 Å². The molecular weight excluding hydrogens is 386 g/mol. The van der Waals surface area contributed by atoms with Crippen molar-refractivity contribution < 1.29 is 17.9 Å². The highest BCUT2D eigenvalue weighted by atomic mass is 19.2. The monoisotopic (exact) mass is 406 g/mol. The van der Waals surface area contributed by atoms with Gasteiger partial charge >= 0.3 is 0 Å². The third kappa shape index (κ3) is 4.66. The van der Waals surface area contributed by atoms with Crippen LogP contribution in [-0.4, -0.2) is 11.6 Å². The molecule has 0 radical (unpaired) electrons. The van der Waals surface area contributed by atoms with E-state index in [4.69, 9.17) is 9.15 Å². The van der Waals surface area contributed by atoms with Crippen molar-refractivity contribution >= 4 is 11.4 Å². The van der Waals surface area contributed by atoms with Gasteiger partial charge in [0.05, 0.1) is 12.3 Å². The second-order valence-corrected chi connectivity index (χ2v) is 6.76. The van der Waals surface area contributed by atoms with E-state index in [1.807, 2.05) is 61.5 Å². The Morgan fingerprint density at radius 3 is 2.37 bits per heavy atom. The molecule has 6 heteroatoms. The maximum atomic E-state index is 13.3. The minimum atomic E-state index is -0.890. The van der Waals surface area contributed by atoms with Gasteiger partial charge in [0.15, 0.2) is 11.6 Å². The summed E-state index contributed by atoms with van der Waals surface area (Å²) >= 11 is 0. The summed E-state index contributed by atoms with van der Waals surface area (Å²) < 4.78 is 37.9. The first-order chi connectivity index (χ1) is 14.6. The number of anilines is 2. The van der Waals surface area contributed by atoms with E-state index in [1.54, 1.807) is 0 Å². The van der Waals surface area contributed by atoms with Crippen LogP contribution in [0.4, 0.5) is 20.2 Å². The number of nitrogens with zero attached hydrogens (tertiary/aromatic N) is 1. The molecule has 0 fully saturated rings. The van der Waals surface area contributed by atoms with E-state index < -0.39 is 11.6 Å². The van der Waals surface area contributed by atoms with Crippen LogP contribution >= 0.6 is 0 Å². The molecule has 1 heterocycles. The summed E-state index contributed by atoms with van der Waals surface area (Å²) in [5.74, 6) is 0.329. The number of rotatable bonds is 7. The fourth-order valence-electron chi connectivity index (χ4n) is 3.00. The molecule has 0 saturated heterocycles. The molecule has 0 unspecified atom stereocenters. The Morgan fingerprint density at radius 1 is 0.900 bits per heavy atom. The predicted molar refractivity (Wildman–Crippen MR) is 112 cm³/mol. The molecule has 4 rings (SSSR count). The number of hydrogen-bond donors (Lipinski definition) is 1. The van der Waals surface area contributed by atoms with E-state index in [0.717, 1.165) is 34.8 Å². The molecular formula is C24H20F2N2O2. The van der Waals surface area contributed by atoms with Crippen molar-refractivity contribution in [3.63, 3.8) is 0 Å². The van der Waals surface area contributed by atoms with Gasteiger partial charge in [0, 0.05) is 29.4 Å². The largest absolute Gasteiger partial charge is 0.493 e. The lowest BCUT2D eigenvalue weighted by atomic mass is 10.2. The summed E-state index contributed by atoms with van der Waals surface area (Å²) in [5, 5.41) is 3.02. The van der Waals surface area contributed by atoms with Crippen LogP contribution in [-0.2, 0) is 6.42 Å². The number of benzene rings is 3. The molecule has 0 bridgehead atoms. The van der Waals surface area contributed by atoms with Crippen LogP contribution < -0.4 is 10.1 Å². The average Bonchev–Trinajstić information content (AvgIpc) is 3.13. The van der Waals surface area contributed by atoms with Crippen LogP contribution in [0.15, 0.2) is 77.2 Å². The number of halogens is 2. The number of aryl methyl sites for hydroxylation is 1. The van der Waals surface area contributed by atoms with Crippen molar-refractivity contribution in [3.8, 4) is 17.2 Å². The predicted octanol–water partition coefficient (Wildman–Crippen LogP) is 6.29. The van der Waals surface area contributed by atoms with Gasteiger partial charge < -0.3 is 14.5 Å². The van der Waals surface area contributed by atoms with Crippen LogP contribution in [0.25, 0.3) is 11.5 Å². The minimum Gasteiger partial charge on any atom is -0.493 e. The van der Waals surface area contributed by atoms with Gasteiger partial charge in [0.1, 0.15) is 11.5 Å². The van der Waals surface area contributed by atoms with Gasteiger partial charge in [-0.25, -0.2) is 13.8 Å². The molecule has 4 aromatic rings. The SMILES string of the molecule is Cc1oc(-c2ccccc2)nc1CCOc1ccc(Nc2ccc(F)c(F)c2)cc1.